The third-order valence-electron chi connectivity index (χ3n) is 3.81. The summed E-state index contributed by atoms with van der Waals surface area (Å²) in [4.78, 5) is 13.7. The topological polar surface area (TPSA) is 63.7 Å². The minimum atomic E-state index is -3.06. The number of hydrogen-bond donors (Lipinski definition) is 0. The Bertz CT molecular complexity index is 639. The van der Waals surface area contributed by atoms with Gasteiger partial charge in [-0.1, -0.05) is 6.07 Å². The molecule has 1 unspecified atom stereocenters. The Labute approximate surface area is 125 Å². The number of anilines is 1. The van der Waals surface area contributed by atoms with Gasteiger partial charge in [-0.05, 0) is 50.5 Å². The van der Waals surface area contributed by atoms with E-state index < -0.39 is 15.9 Å². The number of ether oxygens (including phenoxy) is 1. The summed E-state index contributed by atoms with van der Waals surface area (Å²) >= 11 is 0. The molecule has 1 saturated heterocycles. The molecule has 1 fully saturated rings. The maximum Gasteiger partial charge on any atom is 0.414 e. The molecule has 6 heteroatoms. The van der Waals surface area contributed by atoms with E-state index >= 15 is 0 Å². The van der Waals surface area contributed by atoms with Gasteiger partial charge in [-0.15, -0.1) is 0 Å². The van der Waals surface area contributed by atoms with Crippen molar-refractivity contribution < 1.29 is 17.9 Å². The minimum Gasteiger partial charge on any atom is -0.449 e. The first-order valence-electron chi connectivity index (χ1n) is 7.07. The van der Waals surface area contributed by atoms with Gasteiger partial charge in [0, 0.05) is 5.69 Å². The number of nitrogens with zero attached hydrogens (tertiary/aromatic N) is 1. The second-order valence-electron chi connectivity index (χ2n) is 5.39. The van der Waals surface area contributed by atoms with Crippen LogP contribution in [0.2, 0.25) is 0 Å². The van der Waals surface area contributed by atoms with Crippen LogP contribution in [0.25, 0.3) is 0 Å². The number of aryl methyl sites for hydroxylation is 2. The molecule has 21 heavy (non-hydrogen) atoms. The standard InChI is InChI=1S/C15H21NO4S/c1-4-20-15(17)16(14-7-8-21(18,19)10-14)13-6-5-11(2)12(3)9-13/h5-6,9,14H,4,7-8,10H2,1-3H3. The molecule has 1 aliphatic rings. The van der Waals surface area contributed by atoms with Crippen molar-refractivity contribution in [3.05, 3.63) is 29.3 Å². The Hall–Kier alpha value is -1.56. The lowest BCUT2D eigenvalue weighted by Gasteiger charge is -2.27. The molecule has 0 spiro atoms. The molecule has 1 amide bonds. The summed E-state index contributed by atoms with van der Waals surface area (Å²) in [6, 6.07) is 5.32. The molecule has 116 valence electrons. The van der Waals surface area contributed by atoms with Gasteiger partial charge in [-0.25, -0.2) is 13.2 Å². The van der Waals surface area contributed by atoms with Crippen molar-refractivity contribution in [3.63, 3.8) is 0 Å². The minimum absolute atomic E-state index is 0.00125. The molecule has 1 aromatic rings. The Balaban J connectivity index is 2.36. The van der Waals surface area contributed by atoms with E-state index in [0.717, 1.165) is 11.1 Å². The first kappa shape index (κ1) is 15.8. The van der Waals surface area contributed by atoms with E-state index in [0.29, 0.717) is 12.1 Å². The molecule has 1 atom stereocenters. The van der Waals surface area contributed by atoms with Gasteiger partial charge in [-0.2, -0.15) is 0 Å². The van der Waals surface area contributed by atoms with E-state index in [2.05, 4.69) is 0 Å². The number of amides is 1. The molecule has 0 N–H and O–H groups in total. The van der Waals surface area contributed by atoms with Gasteiger partial charge in [0.1, 0.15) is 0 Å². The van der Waals surface area contributed by atoms with E-state index in [1.165, 1.54) is 4.90 Å². The summed E-state index contributed by atoms with van der Waals surface area (Å²) in [6.07, 6.45) is -0.0310. The van der Waals surface area contributed by atoms with Gasteiger partial charge in [0.25, 0.3) is 0 Å². The third kappa shape index (κ3) is 3.56. The van der Waals surface area contributed by atoms with Crippen LogP contribution in [0, 0.1) is 13.8 Å². The normalized spacial score (nSPS) is 20.2. The molecule has 0 radical (unpaired) electrons. The van der Waals surface area contributed by atoms with Gasteiger partial charge in [-0.3, -0.25) is 4.90 Å². The van der Waals surface area contributed by atoms with E-state index in [1.807, 2.05) is 32.0 Å². The number of rotatable bonds is 3. The van der Waals surface area contributed by atoms with Gasteiger partial charge in [0.2, 0.25) is 0 Å². The quantitative estimate of drug-likeness (QED) is 0.860. The van der Waals surface area contributed by atoms with Crippen LogP contribution in [0.3, 0.4) is 0 Å². The summed E-state index contributed by atoms with van der Waals surface area (Å²) in [5, 5.41) is 0. The highest BCUT2D eigenvalue weighted by Crippen LogP contribution is 2.27. The largest absolute Gasteiger partial charge is 0.449 e. The fourth-order valence-electron chi connectivity index (χ4n) is 2.51. The van der Waals surface area contributed by atoms with Crippen LogP contribution in [0.15, 0.2) is 18.2 Å². The molecule has 0 aliphatic carbocycles. The van der Waals surface area contributed by atoms with E-state index in [1.54, 1.807) is 6.92 Å². The van der Waals surface area contributed by atoms with E-state index in [4.69, 9.17) is 4.74 Å². The Kier molecular flexibility index (Phi) is 4.56. The summed E-state index contributed by atoms with van der Waals surface area (Å²) in [5.74, 6) is 0.122. The second kappa shape index (κ2) is 6.05. The monoisotopic (exact) mass is 311 g/mol. The smallest absolute Gasteiger partial charge is 0.414 e. The Morgan fingerprint density at radius 3 is 2.57 bits per heavy atom. The fraction of sp³-hybridized carbons (Fsp3) is 0.533. The lowest BCUT2D eigenvalue weighted by Crippen LogP contribution is -2.41. The van der Waals surface area contributed by atoms with Crippen LogP contribution < -0.4 is 4.90 Å². The highest BCUT2D eigenvalue weighted by Gasteiger charge is 2.36. The van der Waals surface area contributed by atoms with Crippen molar-refractivity contribution in [2.24, 2.45) is 0 Å². The van der Waals surface area contributed by atoms with E-state index in [-0.39, 0.29) is 24.2 Å². The summed E-state index contributed by atoms with van der Waals surface area (Å²) in [6.45, 7) is 5.96. The number of benzene rings is 1. The van der Waals surface area contributed by atoms with Gasteiger partial charge < -0.3 is 4.74 Å². The van der Waals surface area contributed by atoms with Crippen molar-refractivity contribution in [1.82, 2.24) is 0 Å². The zero-order chi connectivity index (χ0) is 15.6. The number of carbonyl (C=O) groups is 1. The molecule has 2 rings (SSSR count). The summed E-state index contributed by atoms with van der Waals surface area (Å²) in [5.41, 5.74) is 2.88. The van der Waals surface area contributed by atoms with Crippen LogP contribution in [-0.2, 0) is 14.6 Å². The van der Waals surface area contributed by atoms with Gasteiger partial charge >= 0.3 is 6.09 Å². The summed E-state index contributed by atoms with van der Waals surface area (Å²) in [7, 11) is -3.06. The van der Waals surface area contributed by atoms with Crippen LogP contribution in [0.5, 0.6) is 0 Å². The Morgan fingerprint density at radius 1 is 1.33 bits per heavy atom. The van der Waals surface area contributed by atoms with Crippen LogP contribution >= 0.6 is 0 Å². The first-order valence-corrected chi connectivity index (χ1v) is 8.90. The first-order chi connectivity index (χ1) is 9.84. The molecule has 0 aromatic heterocycles. The molecule has 1 aliphatic heterocycles. The molecular formula is C15H21NO4S. The van der Waals surface area contributed by atoms with Gasteiger partial charge in [0.05, 0.1) is 24.2 Å². The maximum atomic E-state index is 12.2. The zero-order valence-electron chi connectivity index (χ0n) is 12.6. The molecule has 1 heterocycles. The lowest BCUT2D eigenvalue weighted by atomic mass is 10.1. The second-order valence-corrected chi connectivity index (χ2v) is 7.62. The predicted octanol–water partition coefficient (Wildman–Crippen LogP) is 2.45. The lowest BCUT2D eigenvalue weighted by molar-refractivity contribution is 0.157. The molecule has 5 nitrogen and oxygen atoms in total. The van der Waals surface area contributed by atoms with E-state index in [9.17, 15) is 13.2 Å². The maximum absolute atomic E-state index is 12.2. The number of sulfone groups is 1. The van der Waals surface area contributed by atoms with Crippen molar-refractivity contribution in [2.75, 3.05) is 23.0 Å². The predicted molar refractivity (Wildman–Crippen MR) is 82.5 cm³/mol. The van der Waals surface area contributed by atoms with Crippen LogP contribution in [0.1, 0.15) is 24.5 Å². The van der Waals surface area contributed by atoms with Crippen molar-refractivity contribution in [3.8, 4) is 0 Å². The van der Waals surface area contributed by atoms with Crippen LogP contribution in [-0.4, -0.2) is 38.7 Å². The summed E-state index contributed by atoms with van der Waals surface area (Å²) < 4.78 is 28.5. The Morgan fingerprint density at radius 2 is 2.05 bits per heavy atom. The van der Waals surface area contributed by atoms with Crippen LogP contribution in [0.4, 0.5) is 10.5 Å². The van der Waals surface area contributed by atoms with Crippen molar-refractivity contribution in [2.45, 2.75) is 33.2 Å². The highest BCUT2D eigenvalue weighted by molar-refractivity contribution is 7.91. The van der Waals surface area contributed by atoms with Crippen molar-refractivity contribution >= 4 is 21.6 Å². The average molecular weight is 311 g/mol. The van der Waals surface area contributed by atoms with Crippen molar-refractivity contribution in [1.29, 1.82) is 0 Å². The molecule has 1 aromatic carbocycles. The SMILES string of the molecule is CCOC(=O)N(c1ccc(C)c(C)c1)C1CCS(=O)(=O)C1. The number of carbonyl (C=O) groups excluding carboxylic acids is 1. The zero-order valence-corrected chi connectivity index (χ0v) is 13.4. The molecular weight excluding hydrogens is 290 g/mol. The average Bonchev–Trinajstić information content (AvgIpc) is 2.74. The number of hydrogen-bond acceptors (Lipinski definition) is 4. The highest BCUT2D eigenvalue weighted by atomic mass is 32.2. The molecule has 0 saturated carbocycles. The molecule has 0 bridgehead atoms. The fourth-order valence-corrected chi connectivity index (χ4v) is 4.21. The van der Waals surface area contributed by atoms with Gasteiger partial charge in [0.15, 0.2) is 9.84 Å². The third-order valence-corrected chi connectivity index (χ3v) is 5.56.